The number of hydroxylamine groups is 3. The number of quaternary nitrogens is 1. The number of benzene rings is 1. The van der Waals surface area contributed by atoms with Gasteiger partial charge in [0, 0.05) is 31.5 Å². The molecule has 2 atom stereocenters. The van der Waals surface area contributed by atoms with Crippen LogP contribution in [0, 0.1) is 5.21 Å². The molecule has 9 heteroatoms. The average Bonchev–Trinajstić information content (AvgIpc) is 3.09. The number of hydrogen-bond acceptors (Lipinski definition) is 7. The maximum Gasteiger partial charge on any atom is 0.347 e. The Labute approximate surface area is 174 Å². The van der Waals surface area contributed by atoms with Crippen molar-refractivity contribution >= 4 is 23.7 Å². The second-order valence-electron chi connectivity index (χ2n) is 9.24. The number of amides is 3. The van der Waals surface area contributed by atoms with E-state index in [0.29, 0.717) is 24.2 Å². The number of piperidine rings is 1. The van der Waals surface area contributed by atoms with Gasteiger partial charge in [-0.1, -0.05) is 0 Å². The van der Waals surface area contributed by atoms with Crippen LogP contribution < -0.4 is 5.32 Å². The molecule has 1 fully saturated rings. The molecule has 1 N–H and O–H groups in total. The van der Waals surface area contributed by atoms with E-state index < -0.39 is 34.0 Å². The molecule has 2 unspecified atom stereocenters. The zero-order chi connectivity index (χ0) is 21.8. The van der Waals surface area contributed by atoms with E-state index in [0.717, 1.165) is 11.1 Å². The van der Waals surface area contributed by atoms with Gasteiger partial charge in [-0.25, -0.2) is 4.79 Å². The molecule has 30 heavy (non-hydrogen) atoms. The van der Waals surface area contributed by atoms with Gasteiger partial charge in [0.25, 0.3) is 5.91 Å². The Morgan fingerprint density at radius 3 is 2.50 bits per heavy atom. The van der Waals surface area contributed by atoms with Crippen LogP contribution in [0.3, 0.4) is 0 Å². The number of ether oxygens (including phenoxy) is 1. The summed E-state index contributed by atoms with van der Waals surface area (Å²) in [5.74, 6) is -2.06. The normalized spacial score (nSPS) is 26.4. The van der Waals surface area contributed by atoms with Crippen molar-refractivity contribution in [3.63, 3.8) is 0 Å². The van der Waals surface area contributed by atoms with Gasteiger partial charge in [-0.3, -0.25) is 29.2 Å². The first kappa shape index (κ1) is 20.6. The summed E-state index contributed by atoms with van der Waals surface area (Å²) < 4.78 is 4.09. The van der Waals surface area contributed by atoms with Crippen LogP contribution in [-0.2, 0) is 38.8 Å². The second-order valence-corrected chi connectivity index (χ2v) is 9.24. The maximum atomic E-state index is 13.4. The molecule has 0 spiro atoms. The van der Waals surface area contributed by atoms with E-state index >= 15 is 0 Å². The largest absolute Gasteiger partial charge is 0.624 e. The number of nitrogens with zero attached hydrogens (tertiary/aromatic N) is 2. The average molecular weight is 415 g/mol. The molecule has 9 nitrogen and oxygen atoms in total. The Morgan fingerprint density at radius 1 is 1.20 bits per heavy atom. The van der Waals surface area contributed by atoms with E-state index in [2.05, 4.69) is 5.32 Å². The molecule has 4 rings (SSSR count). The third kappa shape index (κ3) is 3.64. The van der Waals surface area contributed by atoms with Crippen LogP contribution in [0.4, 0.5) is 0 Å². The number of nitrogens with one attached hydrogen (secondary N) is 1. The number of fused-ring (bicyclic) bond motifs is 2. The second kappa shape index (κ2) is 6.97. The van der Waals surface area contributed by atoms with Crippen LogP contribution in [0.25, 0.3) is 0 Å². The minimum absolute atomic E-state index is 0.0540. The molecule has 0 bridgehead atoms. The van der Waals surface area contributed by atoms with Gasteiger partial charge in [-0.15, -0.1) is 0 Å². The van der Waals surface area contributed by atoms with Gasteiger partial charge in [0.05, 0.1) is 12.1 Å². The standard InChI is InChI=1S/C21H25N3O6/c1-21(2,3)30-18(26)10-23-8-12-6-14-11-24(29,16-4-5-17(25)22-19(16)27)20(28)15(14)7-13(12)9-23/h6-7,16H,4-5,8-11H2,1-3H3,(H,22,25,27). The fourth-order valence-electron chi connectivity index (χ4n) is 4.43. The topological polar surface area (TPSA) is 116 Å². The summed E-state index contributed by atoms with van der Waals surface area (Å²) in [4.78, 5) is 50.6. The summed E-state index contributed by atoms with van der Waals surface area (Å²) in [6.07, 6.45) is 0.121. The van der Waals surface area contributed by atoms with Crippen molar-refractivity contribution in [2.45, 2.75) is 64.9 Å². The number of carbonyl (C=O) groups excluding carboxylic acids is 4. The molecule has 3 heterocycles. The van der Waals surface area contributed by atoms with Gasteiger partial charge in [0.15, 0.2) is 6.04 Å². The molecule has 0 aliphatic carbocycles. The highest BCUT2D eigenvalue weighted by atomic mass is 16.6. The van der Waals surface area contributed by atoms with Crippen molar-refractivity contribution < 1.29 is 28.6 Å². The number of rotatable bonds is 3. The fourth-order valence-corrected chi connectivity index (χ4v) is 4.43. The summed E-state index contributed by atoms with van der Waals surface area (Å²) in [6.45, 7) is 6.46. The van der Waals surface area contributed by atoms with E-state index in [1.165, 1.54) is 0 Å². The first-order chi connectivity index (χ1) is 14.0. The van der Waals surface area contributed by atoms with E-state index in [4.69, 9.17) is 4.74 Å². The van der Waals surface area contributed by atoms with Crippen LogP contribution in [0.2, 0.25) is 0 Å². The predicted octanol–water partition coefficient (Wildman–Crippen LogP) is 1.12. The lowest BCUT2D eigenvalue weighted by molar-refractivity contribution is -0.825. The third-order valence-corrected chi connectivity index (χ3v) is 5.68. The number of hydrogen-bond donors (Lipinski definition) is 1. The van der Waals surface area contributed by atoms with E-state index in [1.54, 1.807) is 6.07 Å². The van der Waals surface area contributed by atoms with Crippen LogP contribution in [0.1, 0.15) is 60.7 Å². The zero-order valence-electron chi connectivity index (χ0n) is 17.3. The number of imide groups is 1. The lowest BCUT2D eigenvalue weighted by Gasteiger charge is -2.42. The monoisotopic (exact) mass is 415 g/mol. The maximum absolute atomic E-state index is 13.4. The van der Waals surface area contributed by atoms with Gasteiger partial charge in [0.2, 0.25) is 5.91 Å². The SMILES string of the molecule is CC(C)(C)OC(=O)CN1Cc2cc3c(cc2C1)C(=O)[N+]([O-])(C1CCC(=O)NC1=O)C3. The molecule has 0 aromatic heterocycles. The Balaban J connectivity index is 1.50. The molecule has 1 saturated heterocycles. The summed E-state index contributed by atoms with van der Waals surface area (Å²) >= 11 is 0. The van der Waals surface area contributed by atoms with E-state index in [1.807, 2.05) is 31.7 Å². The molecule has 160 valence electrons. The van der Waals surface area contributed by atoms with Crippen molar-refractivity contribution in [3.8, 4) is 0 Å². The van der Waals surface area contributed by atoms with Crippen LogP contribution in [0.5, 0.6) is 0 Å². The van der Waals surface area contributed by atoms with Gasteiger partial charge in [-0.05, 0) is 44.0 Å². The lowest BCUT2D eigenvalue weighted by atomic mass is 10.0. The number of carbonyl (C=O) groups is 4. The van der Waals surface area contributed by atoms with E-state index in [9.17, 15) is 24.4 Å². The highest BCUT2D eigenvalue weighted by Crippen LogP contribution is 2.37. The predicted molar refractivity (Wildman–Crippen MR) is 104 cm³/mol. The van der Waals surface area contributed by atoms with Crippen LogP contribution in [-0.4, -0.2) is 51.4 Å². The van der Waals surface area contributed by atoms with Crippen molar-refractivity contribution in [1.29, 1.82) is 0 Å². The van der Waals surface area contributed by atoms with Crippen LogP contribution >= 0.6 is 0 Å². The molecular weight excluding hydrogens is 390 g/mol. The molecule has 1 aromatic rings. The van der Waals surface area contributed by atoms with Gasteiger partial charge >= 0.3 is 11.9 Å². The summed E-state index contributed by atoms with van der Waals surface area (Å²) in [5, 5.41) is 15.5. The third-order valence-electron chi connectivity index (χ3n) is 5.68. The minimum atomic E-state index is -1.28. The van der Waals surface area contributed by atoms with Crippen molar-refractivity contribution in [2.75, 3.05) is 6.54 Å². The zero-order valence-corrected chi connectivity index (χ0v) is 17.3. The summed E-state index contributed by atoms with van der Waals surface area (Å²) in [6, 6.07) is 2.44. The van der Waals surface area contributed by atoms with Crippen molar-refractivity contribution in [2.24, 2.45) is 0 Å². The molecule has 3 aliphatic rings. The Hall–Kier alpha value is -2.62. The minimum Gasteiger partial charge on any atom is -0.624 e. The Morgan fingerprint density at radius 2 is 1.87 bits per heavy atom. The highest BCUT2D eigenvalue weighted by Gasteiger charge is 2.49. The fraction of sp³-hybridized carbons (Fsp3) is 0.524. The summed E-state index contributed by atoms with van der Waals surface area (Å²) in [7, 11) is 0. The van der Waals surface area contributed by atoms with Crippen molar-refractivity contribution in [3.05, 3.63) is 39.6 Å². The van der Waals surface area contributed by atoms with Crippen LogP contribution in [0.15, 0.2) is 12.1 Å². The van der Waals surface area contributed by atoms with Crippen molar-refractivity contribution in [1.82, 2.24) is 10.2 Å². The van der Waals surface area contributed by atoms with Gasteiger partial charge in [-0.2, -0.15) is 0 Å². The number of esters is 1. The lowest BCUT2D eigenvalue weighted by Crippen LogP contribution is -2.60. The van der Waals surface area contributed by atoms with Gasteiger partial charge < -0.3 is 9.94 Å². The Bertz CT molecular complexity index is 966. The molecule has 0 radical (unpaired) electrons. The summed E-state index contributed by atoms with van der Waals surface area (Å²) in [5.41, 5.74) is 2.23. The molecule has 3 amide bonds. The molecule has 0 saturated carbocycles. The first-order valence-corrected chi connectivity index (χ1v) is 10.0. The molecular formula is C21H25N3O6. The molecule has 1 aromatic carbocycles. The Kier molecular flexibility index (Phi) is 4.80. The van der Waals surface area contributed by atoms with Gasteiger partial charge in [0.1, 0.15) is 12.1 Å². The first-order valence-electron chi connectivity index (χ1n) is 10.0. The molecule has 3 aliphatic heterocycles. The quantitative estimate of drug-likeness (QED) is 0.340. The van der Waals surface area contributed by atoms with E-state index in [-0.39, 0.29) is 31.9 Å². The smallest absolute Gasteiger partial charge is 0.347 e. The highest BCUT2D eigenvalue weighted by molar-refractivity contribution is 6.02.